The molecule has 0 atom stereocenters. The van der Waals surface area contributed by atoms with Crippen LogP contribution in [0.3, 0.4) is 0 Å². The Kier molecular flexibility index (Phi) is 5.22. The number of fused-ring (bicyclic) bond motifs is 1. The summed E-state index contributed by atoms with van der Waals surface area (Å²) >= 11 is 0. The van der Waals surface area contributed by atoms with Gasteiger partial charge in [-0.2, -0.15) is 0 Å². The van der Waals surface area contributed by atoms with Crippen molar-refractivity contribution in [3.8, 4) is 0 Å². The van der Waals surface area contributed by atoms with Crippen molar-refractivity contribution in [3.63, 3.8) is 0 Å². The van der Waals surface area contributed by atoms with Gasteiger partial charge < -0.3 is 0 Å². The van der Waals surface area contributed by atoms with E-state index in [9.17, 15) is 0 Å². The number of pyridine rings is 1. The second kappa shape index (κ2) is 7.55. The molecular formula is C20H25N5. The van der Waals surface area contributed by atoms with Crippen LogP contribution in [0.25, 0.3) is 11.0 Å². The van der Waals surface area contributed by atoms with Crippen LogP contribution in [0.2, 0.25) is 0 Å². The van der Waals surface area contributed by atoms with E-state index in [2.05, 4.69) is 40.4 Å². The summed E-state index contributed by atoms with van der Waals surface area (Å²) in [5.41, 5.74) is 6.11. The van der Waals surface area contributed by atoms with Crippen molar-refractivity contribution in [1.29, 1.82) is 0 Å². The van der Waals surface area contributed by atoms with Crippen molar-refractivity contribution in [2.45, 2.75) is 47.1 Å². The Hall–Kier alpha value is -2.56. The Morgan fingerprint density at radius 2 is 2.08 bits per heavy atom. The summed E-state index contributed by atoms with van der Waals surface area (Å²) in [7, 11) is 0. The molecule has 0 spiro atoms. The van der Waals surface area contributed by atoms with E-state index in [-0.39, 0.29) is 0 Å². The number of rotatable bonds is 6. The first-order valence-corrected chi connectivity index (χ1v) is 8.82. The second-order valence-electron chi connectivity index (χ2n) is 6.44. The molecular weight excluding hydrogens is 310 g/mol. The van der Waals surface area contributed by atoms with Gasteiger partial charge >= 0.3 is 0 Å². The summed E-state index contributed by atoms with van der Waals surface area (Å²) in [5, 5.41) is 8.49. The zero-order chi connectivity index (χ0) is 17.8. The molecule has 1 fully saturated rings. The fourth-order valence-electron chi connectivity index (χ4n) is 2.85. The van der Waals surface area contributed by atoms with Gasteiger partial charge in [0.25, 0.3) is 0 Å². The van der Waals surface area contributed by atoms with Crippen molar-refractivity contribution >= 4 is 16.7 Å². The molecule has 0 radical (unpaired) electrons. The summed E-state index contributed by atoms with van der Waals surface area (Å²) in [4.78, 5) is 9.01. The highest BCUT2D eigenvalue weighted by atomic mass is 15.4. The summed E-state index contributed by atoms with van der Waals surface area (Å²) in [6, 6.07) is 1.94. The van der Waals surface area contributed by atoms with Gasteiger partial charge in [-0.25, -0.2) is 4.68 Å². The Balaban J connectivity index is 1.75. The molecule has 130 valence electrons. The summed E-state index contributed by atoms with van der Waals surface area (Å²) in [5.74, 6) is 0.758. The topological polar surface area (TPSA) is 56.0 Å². The quantitative estimate of drug-likeness (QED) is 0.580. The molecule has 1 aliphatic carbocycles. The predicted octanol–water partition coefficient (Wildman–Crippen LogP) is 4.41. The minimum absolute atomic E-state index is 0.598. The molecule has 25 heavy (non-hydrogen) atoms. The number of aromatic nitrogens is 4. The smallest absolute Gasteiger partial charge is 0.134 e. The highest BCUT2D eigenvalue weighted by Crippen LogP contribution is 2.36. The van der Waals surface area contributed by atoms with Gasteiger partial charge in [0, 0.05) is 11.9 Å². The number of hydrogen-bond acceptors (Lipinski definition) is 4. The molecule has 0 amide bonds. The summed E-state index contributed by atoms with van der Waals surface area (Å²) in [6.45, 7) is 8.69. The average Bonchev–Trinajstić information content (AvgIpc) is 3.36. The van der Waals surface area contributed by atoms with Crippen LogP contribution in [0.1, 0.15) is 39.3 Å². The van der Waals surface area contributed by atoms with Gasteiger partial charge in [0.05, 0.1) is 23.5 Å². The molecule has 0 N–H and O–H groups in total. The fraction of sp³-hybridized carbons (Fsp3) is 0.400. The molecule has 0 saturated heterocycles. The molecule has 1 saturated carbocycles. The molecule has 2 aromatic heterocycles. The van der Waals surface area contributed by atoms with Crippen molar-refractivity contribution in [2.24, 2.45) is 10.9 Å². The van der Waals surface area contributed by atoms with Crippen molar-refractivity contribution < 1.29 is 0 Å². The highest BCUT2D eigenvalue weighted by molar-refractivity contribution is 5.93. The molecule has 3 rings (SSSR count). The Morgan fingerprint density at radius 3 is 2.76 bits per heavy atom. The molecule has 1 aliphatic rings. The van der Waals surface area contributed by atoms with Crippen LogP contribution in [-0.4, -0.2) is 25.7 Å². The van der Waals surface area contributed by atoms with Gasteiger partial charge in [-0.3, -0.25) is 9.98 Å². The van der Waals surface area contributed by atoms with Gasteiger partial charge in [0.2, 0.25) is 0 Å². The van der Waals surface area contributed by atoms with Gasteiger partial charge in [-0.15, -0.1) is 5.10 Å². The van der Waals surface area contributed by atoms with Crippen LogP contribution in [0.5, 0.6) is 0 Å². The standard InChI is InChI=1S/C20H25N5/c1-5-16(17-9-10-17)8-7-14(3)22-18(6-2)13-25-19-11-12-21-15(4)20(19)23-24-25/h5-8,11-12,17H,9-10,13H2,1-4H3/b8-7-,16-5+,18-6-,22-14-. The van der Waals surface area contributed by atoms with E-state index in [0.29, 0.717) is 6.54 Å². The number of nitrogens with zero attached hydrogens (tertiary/aromatic N) is 5. The fourth-order valence-corrected chi connectivity index (χ4v) is 2.85. The van der Waals surface area contributed by atoms with E-state index < -0.39 is 0 Å². The van der Waals surface area contributed by atoms with E-state index in [1.54, 1.807) is 6.20 Å². The minimum atomic E-state index is 0.598. The zero-order valence-electron chi connectivity index (χ0n) is 15.4. The highest BCUT2D eigenvalue weighted by Gasteiger charge is 2.23. The molecule has 0 unspecified atom stereocenters. The maximum atomic E-state index is 4.74. The van der Waals surface area contributed by atoms with Crippen LogP contribution in [0.15, 0.2) is 52.8 Å². The van der Waals surface area contributed by atoms with Crippen LogP contribution < -0.4 is 0 Å². The number of hydrogen-bond donors (Lipinski definition) is 0. The van der Waals surface area contributed by atoms with Gasteiger partial charge in [0.1, 0.15) is 5.52 Å². The minimum Gasteiger partial charge on any atom is -0.259 e. The molecule has 0 aromatic carbocycles. The van der Waals surface area contributed by atoms with Gasteiger partial charge in [0.15, 0.2) is 0 Å². The molecule has 0 bridgehead atoms. The third-order valence-electron chi connectivity index (χ3n) is 4.48. The van der Waals surface area contributed by atoms with Crippen molar-refractivity contribution in [1.82, 2.24) is 20.0 Å². The summed E-state index contributed by atoms with van der Waals surface area (Å²) in [6.07, 6.45) is 12.9. The zero-order valence-corrected chi connectivity index (χ0v) is 15.4. The largest absolute Gasteiger partial charge is 0.259 e. The normalized spacial score (nSPS) is 17.0. The molecule has 0 aliphatic heterocycles. The maximum Gasteiger partial charge on any atom is 0.134 e. The first-order valence-electron chi connectivity index (χ1n) is 8.82. The van der Waals surface area contributed by atoms with Crippen LogP contribution in [0.4, 0.5) is 0 Å². The van der Waals surface area contributed by atoms with Gasteiger partial charge in [-0.1, -0.05) is 23.4 Å². The monoisotopic (exact) mass is 335 g/mol. The number of aliphatic imine (C=N–C) groups is 1. The Labute approximate surface area is 148 Å². The van der Waals surface area contributed by atoms with Crippen LogP contribution in [0, 0.1) is 12.8 Å². The summed E-state index contributed by atoms with van der Waals surface area (Å²) < 4.78 is 1.88. The van der Waals surface area contributed by atoms with Crippen LogP contribution >= 0.6 is 0 Å². The lowest BCUT2D eigenvalue weighted by atomic mass is 10.1. The van der Waals surface area contributed by atoms with Crippen molar-refractivity contribution in [2.75, 3.05) is 0 Å². The average molecular weight is 335 g/mol. The third kappa shape index (κ3) is 4.10. The Bertz CT molecular complexity index is 879. The lowest BCUT2D eigenvalue weighted by molar-refractivity contribution is 0.657. The molecule has 5 heteroatoms. The first-order chi connectivity index (χ1) is 12.1. The molecule has 2 aromatic rings. The molecule has 5 nitrogen and oxygen atoms in total. The van der Waals surface area contributed by atoms with E-state index in [1.807, 2.05) is 37.6 Å². The maximum absolute atomic E-state index is 4.74. The van der Waals surface area contributed by atoms with Crippen LogP contribution in [-0.2, 0) is 6.54 Å². The number of aryl methyl sites for hydroxylation is 1. The van der Waals surface area contributed by atoms with E-state index in [0.717, 1.165) is 34.1 Å². The SMILES string of the molecule is C\C=C(Cn1nnc2c(C)nccc21)/N=C(C)\C=C/C(=C\C)C1CC1. The predicted molar refractivity (Wildman–Crippen MR) is 103 cm³/mol. The molecule has 2 heterocycles. The van der Waals surface area contributed by atoms with E-state index >= 15 is 0 Å². The van der Waals surface area contributed by atoms with E-state index in [1.165, 1.54) is 18.4 Å². The lowest BCUT2D eigenvalue weighted by Gasteiger charge is -2.04. The van der Waals surface area contributed by atoms with Crippen molar-refractivity contribution in [3.05, 3.63) is 53.5 Å². The Morgan fingerprint density at radius 1 is 1.28 bits per heavy atom. The number of allylic oxidation sites excluding steroid dienone is 6. The second-order valence-corrected chi connectivity index (χ2v) is 6.44. The third-order valence-corrected chi connectivity index (χ3v) is 4.48. The lowest BCUT2D eigenvalue weighted by Crippen LogP contribution is -2.03. The first kappa shape index (κ1) is 17.3. The van der Waals surface area contributed by atoms with Gasteiger partial charge in [-0.05, 0) is 64.2 Å². The van der Waals surface area contributed by atoms with E-state index in [4.69, 9.17) is 4.99 Å².